The molecule has 17 heteroatoms. The minimum atomic E-state index is -5.01. The predicted molar refractivity (Wildman–Crippen MR) is 160 cm³/mol. The molecule has 0 saturated carbocycles. The van der Waals surface area contributed by atoms with Gasteiger partial charge in [-0.05, 0) is 87.9 Å². The summed E-state index contributed by atoms with van der Waals surface area (Å²) in [7, 11) is -4.53. The molecule has 260 valence electrons. The number of anilines is 2. The van der Waals surface area contributed by atoms with Crippen LogP contribution in [-0.2, 0) is 20.9 Å². The summed E-state index contributed by atoms with van der Waals surface area (Å²) in [6, 6.07) is 8.44. The van der Waals surface area contributed by atoms with Crippen molar-refractivity contribution in [1.29, 1.82) is 0 Å². The Hall–Kier alpha value is -4.22. The molecule has 2 aliphatic heterocycles. The fourth-order valence-electron chi connectivity index (χ4n) is 5.41. The number of hydrogen-bond acceptors (Lipinski definition) is 8. The number of alkyl halides is 6. The van der Waals surface area contributed by atoms with Gasteiger partial charge < -0.3 is 29.1 Å². The average molecular weight is 704 g/mol. The Morgan fingerprint density at radius 3 is 2.10 bits per heavy atom. The van der Waals surface area contributed by atoms with Gasteiger partial charge in [-0.1, -0.05) is 6.07 Å². The number of sulfonamides is 1. The van der Waals surface area contributed by atoms with Crippen molar-refractivity contribution < 1.29 is 58.9 Å². The van der Waals surface area contributed by atoms with E-state index in [9.17, 15) is 44.7 Å². The Morgan fingerprint density at radius 2 is 1.52 bits per heavy atom. The third-order valence-electron chi connectivity index (χ3n) is 7.43. The maximum absolute atomic E-state index is 13.7. The number of nitrogens with one attached hydrogen (secondary N) is 1. The monoisotopic (exact) mass is 703 g/mol. The number of aryl methyl sites for hydroxylation is 1. The van der Waals surface area contributed by atoms with Crippen molar-refractivity contribution in [1.82, 2.24) is 9.62 Å². The second-order valence-electron chi connectivity index (χ2n) is 12.3. The summed E-state index contributed by atoms with van der Waals surface area (Å²) in [5.41, 5.74) is -0.821. The molecule has 1 fully saturated rings. The molecule has 0 bridgehead atoms. The van der Waals surface area contributed by atoms with E-state index in [0.717, 1.165) is 47.4 Å². The number of rotatable bonds is 5. The Labute approximate surface area is 271 Å². The summed E-state index contributed by atoms with van der Waals surface area (Å²) in [5, 5.41) is 11.8. The summed E-state index contributed by atoms with van der Waals surface area (Å²) in [4.78, 5) is 15.5. The van der Waals surface area contributed by atoms with Gasteiger partial charge in [0, 0.05) is 13.1 Å². The number of benzene rings is 3. The Kier molecular flexibility index (Phi) is 9.03. The van der Waals surface area contributed by atoms with Crippen LogP contribution in [0.25, 0.3) is 0 Å². The minimum Gasteiger partial charge on any atom is -0.453 e. The quantitative estimate of drug-likeness (QED) is 0.290. The third-order valence-corrected chi connectivity index (χ3v) is 8.94. The van der Waals surface area contributed by atoms with E-state index in [1.165, 1.54) is 4.90 Å². The lowest BCUT2D eigenvalue weighted by Gasteiger charge is -2.48. The van der Waals surface area contributed by atoms with Crippen molar-refractivity contribution in [2.45, 2.75) is 68.9 Å². The molecular weight excluding hydrogens is 672 g/mol. The lowest BCUT2D eigenvalue weighted by Crippen LogP contribution is -2.66. The molecule has 1 amide bonds. The fraction of sp³-hybridized carbons (Fsp3) is 0.387. The van der Waals surface area contributed by atoms with Crippen molar-refractivity contribution in [2.75, 3.05) is 18.0 Å². The number of piperidine rings is 1. The first-order valence-electron chi connectivity index (χ1n) is 14.4. The molecule has 2 heterocycles. The van der Waals surface area contributed by atoms with Crippen molar-refractivity contribution in [3.8, 4) is 17.2 Å². The smallest absolute Gasteiger partial charge is 0.453 e. The molecule has 0 aliphatic carbocycles. The van der Waals surface area contributed by atoms with E-state index in [-0.39, 0.29) is 23.7 Å². The van der Waals surface area contributed by atoms with Crippen LogP contribution in [0.15, 0.2) is 65.6 Å². The van der Waals surface area contributed by atoms with Crippen LogP contribution < -0.4 is 19.1 Å². The molecule has 5 rings (SSSR count). The first-order chi connectivity index (χ1) is 22.1. The van der Waals surface area contributed by atoms with Gasteiger partial charge in [-0.3, -0.25) is 0 Å². The first-order valence-corrected chi connectivity index (χ1v) is 15.9. The zero-order valence-electron chi connectivity index (χ0n) is 25.9. The summed E-state index contributed by atoms with van der Waals surface area (Å²) in [5.74, 6) is -0.701. The normalized spacial score (nSPS) is 20.0. The Morgan fingerprint density at radius 1 is 0.917 bits per heavy atom. The van der Waals surface area contributed by atoms with Crippen molar-refractivity contribution >= 4 is 27.5 Å². The Bertz CT molecular complexity index is 1790. The molecule has 48 heavy (non-hydrogen) atoms. The van der Waals surface area contributed by atoms with Crippen LogP contribution in [0.3, 0.4) is 0 Å². The van der Waals surface area contributed by atoms with E-state index in [1.54, 1.807) is 45.9 Å². The molecule has 0 unspecified atom stereocenters. The van der Waals surface area contributed by atoms with Crippen molar-refractivity contribution in [3.63, 3.8) is 0 Å². The van der Waals surface area contributed by atoms with Gasteiger partial charge in [-0.25, -0.2) is 17.9 Å². The van der Waals surface area contributed by atoms with Gasteiger partial charge in [-0.2, -0.15) is 13.2 Å². The van der Waals surface area contributed by atoms with Gasteiger partial charge in [0.05, 0.1) is 40.0 Å². The molecule has 2 N–H and O–H groups in total. The van der Waals surface area contributed by atoms with E-state index in [2.05, 4.69) is 9.46 Å². The highest BCUT2D eigenvalue weighted by atomic mass is 32.2. The summed E-state index contributed by atoms with van der Waals surface area (Å²) in [6.45, 7) is 5.92. The van der Waals surface area contributed by atoms with E-state index >= 15 is 0 Å². The molecule has 3 atom stereocenters. The second kappa shape index (κ2) is 12.3. The maximum atomic E-state index is 13.7. The van der Waals surface area contributed by atoms with Gasteiger partial charge in [0.2, 0.25) is 10.0 Å². The first kappa shape index (κ1) is 35.1. The average Bonchev–Trinajstić information content (AvgIpc) is 2.94. The van der Waals surface area contributed by atoms with Crippen LogP contribution in [0.4, 0.5) is 42.5 Å². The molecule has 3 aromatic carbocycles. The molecular formula is C31H31F6N3O7S. The van der Waals surface area contributed by atoms with E-state index in [0.29, 0.717) is 11.3 Å². The standard InChI is InChI=1S/C31H31F6N3O7S/c1-17-5-11-22-25(13-17)45-26-14-18(30(32,33)34)6-12-23(26)40(22)24-16-39(28(42)47-29(2,3)4)15-21(27(24)41)38-48(43,44)20-9-7-19(8-10-20)46-31(35,36)37/h5-14,21,24,27,38,41H,15-16H2,1-4H3/t21-,24+,27+/m1/s1. The summed E-state index contributed by atoms with van der Waals surface area (Å²) >= 11 is 0. The molecule has 10 nitrogen and oxygen atoms in total. The summed E-state index contributed by atoms with van der Waals surface area (Å²) in [6.07, 6.45) is -12.2. The topological polar surface area (TPSA) is 118 Å². The largest absolute Gasteiger partial charge is 0.573 e. The number of amides is 1. The van der Waals surface area contributed by atoms with Crippen molar-refractivity contribution in [3.05, 3.63) is 71.8 Å². The Balaban J connectivity index is 1.55. The SMILES string of the molecule is Cc1ccc2c(c1)Oc1cc(C(F)(F)F)ccc1N2[C@H]1CN(C(=O)OC(C)(C)C)C[C@@H](NS(=O)(=O)c2ccc(OC(F)(F)F)cc2)[C@@H]1O. The molecule has 1 saturated heterocycles. The van der Waals surface area contributed by atoms with Gasteiger partial charge in [0.15, 0.2) is 11.5 Å². The van der Waals surface area contributed by atoms with Crippen LogP contribution in [0.2, 0.25) is 0 Å². The number of halogens is 6. The highest BCUT2D eigenvalue weighted by Crippen LogP contribution is 2.50. The zero-order valence-corrected chi connectivity index (χ0v) is 26.7. The van der Waals surface area contributed by atoms with Crippen LogP contribution in [-0.4, -0.2) is 67.8 Å². The number of nitrogens with zero attached hydrogens (tertiary/aromatic N) is 2. The molecule has 3 aromatic rings. The molecule has 0 aromatic heterocycles. The maximum Gasteiger partial charge on any atom is 0.573 e. The number of ether oxygens (including phenoxy) is 3. The number of fused-ring (bicyclic) bond motifs is 2. The van der Waals surface area contributed by atoms with Crippen LogP contribution in [0, 0.1) is 6.92 Å². The number of hydrogen-bond donors (Lipinski definition) is 2. The van der Waals surface area contributed by atoms with E-state index in [1.807, 2.05) is 0 Å². The number of likely N-dealkylation sites (tertiary alicyclic amines) is 1. The van der Waals surface area contributed by atoms with Gasteiger partial charge in [-0.15, -0.1) is 13.2 Å². The third kappa shape index (κ3) is 7.73. The van der Waals surface area contributed by atoms with Gasteiger partial charge >= 0.3 is 18.6 Å². The lowest BCUT2D eigenvalue weighted by molar-refractivity contribution is -0.274. The zero-order chi connectivity index (χ0) is 35.4. The van der Waals surface area contributed by atoms with E-state index < -0.39 is 75.2 Å². The molecule has 2 aliphatic rings. The van der Waals surface area contributed by atoms with Crippen LogP contribution >= 0.6 is 0 Å². The highest BCUT2D eigenvalue weighted by Gasteiger charge is 2.46. The number of carbonyl (C=O) groups is 1. The molecule has 0 spiro atoms. The van der Waals surface area contributed by atoms with E-state index in [4.69, 9.17) is 9.47 Å². The summed E-state index contributed by atoms with van der Waals surface area (Å²) < 4.78 is 123. The van der Waals surface area contributed by atoms with Gasteiger partial charge in [0.1, 0.15) is 11.4 Å². The number of aliphatic hydroxyl groups is 1. The minimum absolute atomic E-state index is 0.108. The van der Waals surface area contributed by atoms with Crippen molar-refractivity contribution in [2.24, 2.45) is 0 Å². The molecule has 0 radical (unpaired) electrons. The van der Waals surface area contributed by atoms with Gasteiger partial charge in [0.25, 0.3) is 0 Å². The predicted octanol–water partition coefficient (Wildman–Crippen LogP) is 6.48. The fourth-order valence-corrected chi connectivity index (χ4v) is 6.65. The second-order valence-corrected chi connectivity index (χ2v) is 14.0. The van der Waals surface area contributed by atoms with Crippen LogP contribution in [0.1, 0.15) is 31.9 Å². The van der Waals surface area contributed by atoms with Crippen LogP contribution in [0.5, 0.6) is 17.2 Å². The lowest BCUT2D eigenvalue weighted by atomic mass is 9.94. The number of carbonyl (C=O) groups excluding carboxylic acids is 1. The number of aliphatic hydroxyl groups excluding tert-OH is 1. The highest BCUT2D eigenvalue weighted by molar-refractivity contribution is 7.89.